The van der Waals surface area contributed by atoms with Crippen LogP contribution in [0, 0.1) is 6.92 Å². The average Bonchev–Trinajstić information content (AvgIpc) is 2.62. The first kappa shape index (κ1) is 17.0. The summed E-state index contributed by atoms with van der Waals surface area (Å²) in [6.07, 6.45) is 1.99. The van der Waals surface area contributed by atoms with Crippen LogP contribution >= 0.6 is 0 Å². The molecule has 0 bridgehead atoms. The van der Waals surface area contributed by atoms with Gasteiger partial charge in [-0.05, 0) is 37.0 Å². The second-order valence-corrected chi connectivity index (χ2v) is 6.31. The first-order chi connectivity index (χ1) is 12.1. The van der Waals surface area contributed by atoms with Gasteiger partial charge in [-0.2, -0.15) is 0 Å². The molecule has 5 heteroatoms. The fraction of sp³-hybridized carbons (Fsp3) is 0.300. The molecule has 0 spiro atoms. The number of anilines is 1. The van der Waals surface area contributed by atoms with Crippen molar-refractivity contribution in [1.82, 2.24) is 10.6 Å². The van der Waals surface area contributed by atoms with Gasteiger partial charge in [0, 0.05) is 19.3 Å². The summed E-state index contributed by atoms with van der Waals surface area (Å²) in [6.45, 7) is 2.85. The summed E-state index contributed by atoms with van der Waals surface area (Å²) in [5, 5.41) is 4.88. The Morgan fingerprint density at radius 2 is 1.88 bits per heavy atom. The van der Waals surface area contributed by atoms with Crippen LogP contribution in [0.2, 0.25) is 0 Å². The van der Waals surface area contributed by atoms with Crippen LogP contribution in [0.25, 0.3) is 0 Å². The molecule has 1 heterocycles. The third-order valence-electron chi connectivity index (χ3n) is 4.53. The van der Waals surface area contributed by atoms with Gasteiger partial charge in [-0.3, -0.25) is 10.1 Å². The number of rotatable bonds is 3. The molecule has 1 aliphatic rings. The summed E-state index contributed by atoms with van der Waals surface area (Å²) in [5.41, 5.74) is 4.40. The van der Waals surface area contributed by atoms with Gasteiger partial charge in [0.05, 0.1) is 0 Å². The Morgan fingerprint density at radius 3 is 2.60 bits per heavy atom. The quantitative estimate of drug-likeness (QED) is 0.905. The molecule has 0 fully saturated rings. The molecule has 5 nitrogen and oxygen atoms in total. The van der Waals surface area contributed by atoms with Crippen molar-refractivity contribution in [2.24, 2.45) is 0 Å². The molecule has 2 aromatic carbocycles. The van der Waals surface area contributed by atoms with E-state index in [2.05, 4.69) is 40.7 Å². The molecule has 0 aliphatic carbocycles. The minimum Gasteiger partial charge on any atom is -0.356 e. The molecule has 0 aromatic heterocycles. The van der Waals surface area contributed by atoms with Crippen LogP contribution in [0.1, 0.15) is 29.2 Å². The summed E-state index contributed by atoms with van der Waals surface area (Å²) in [5.74, 6) is -0.320. The van der Waals surface area contributed by atoms with E-state index in [1.165, 1.54) is 18.2 Å². The number of nitrogens with one attached hydrogen (secondary N) is 2. The van der Waals surface area contributed by atoms with Gasteiger partial charge in [0.15, 0.2) is 0 Å². The van der Waals surface area contributed by atoms with Gasteiger partial charge in [0.1, 0.15) is 6.04 Å². The van der Waals surface area contributed by atoms with Crippen LogP contribution in [0.5, 0.6) is 0 Å². The van der Waals surface area contributed by atoms with Crippen molar-refractivity contribution in [2.75, 3.05) is 18.5 Å². The van der Waals surface area contributed by atoms with Crippen molar-refractivity contribution in [2.45, 2.75) is 25.8 Å². The second-order valence-electron chi connectivity index (χ2n) is 6.31. The van der Waals surface area contributed by atoms with Gasteiger partial charge >= 0.3 is 6.03 Å². The third kappa shape index (κ3) is 3.65. The fourth-order valence-electron chi connectivity index (χ4n) is 3.37. The number of aryl methyl sites for hydroxylation is 2. The van der Waals surface area contributed by atoms with Gasteiger partial charge in [-0.25, -0.2) is 4.79 Å². The van der Waals surface area contributed by atoms with Gasteiger partial charge < -0.3 is 10.2 Å². The Balaban J connectivity index is 2.01. The SMILES string of the molecule is CNC(=O)NC(=O)[C@@H](c1ccccc1)N1CCCc2cc(C)ccc21. The molecular formula is C20H23N3O2. The molecule has 25 heavy (non-hydrogen) atoms. The highest BCUT2D eigenvalue weighted by Gasteiger charge is 2.31. The van der Waals surface area contributed by atoms with E-state index in [-0.39, 0.29) is 5.91 Å². The van der Waals surface area contributed by atoms with E-state index in [4.69, 9.17) is 0 Å². The van der Waals surface area contributed by atoms with Crippen LogP contribution in [-0.2, 0) is 11.2 Å². The second kappa shape index (κ2) is 7.38. The maximum Gasteiger partial charge on any atom is 0.321 e. The van der Waals surface area contributed by atoms with E-state index in [1.54, 1.807) is 0 Å². The molecule has 130 valence electrons. The summed E-state index contributed by atoms with van der Waals surface area (Å²) >= 11 is 0. The Kier molecular flexibility index (Phi) is 5.03. The van der Waals surface area contributed by atoms with E-state index in [1.807, 2.05) is 30.3 Å². The predicted octanol–water partition coefficient (Wildman–Crippen LogP) is 2.94. The standard InChI is InChI=1S/C20H23N3O2/c1-14-10-11-17-16(13-14)9-6-12-23(17)18(15-7-4-3-5-8-15)19(24)22-20(25)21-2/h3-5,7-8,10-11,13,18H,6,9,12H2,1-2H3,(H2,21,22,24,25)/t18-/m1/s1. The monoisotopic (exact) mass is 337 g/mol. The lowest BCUT2D eigenvalue weighted by molar-refractivity contribution is -0.121. The smallest absolute Gasteiger partial charge is 0.321 e. The fourth-order valence-corrected chi connectivity index (χ4v) is 3.37. The zero-order valence-electron chi connectivity index (χ0n) is 14.6. The summed E-state index contributed by atoms with van der Waals surface area (Å²) in [4.78, 5) is 26.6. The third-order valence-corrected chi connectivity index (χ3v) is 4.53. The van der Waals surface area contributed by atoms with Gasteiger partial charge in [-0.15, -0.1) is 0 Å². The lowest BCUT2D eigenvalue weighted by Crippen LogP contribution is -2.47. The van der Waals surface area contributed by atoms with Gasteiger partial charge in [0.2, 0.25) is 0 Å². The number of hydrogen-bond acceptors (Lipinski definition) is 3. The van der Waals surface area contributed by atoms with Crippen molar-refractivity contribution < 1.29 is 9.59 Å². The zero-order chi connectivity index (χ0) is 17.8. The van der Waals surface area contributed by atoms with Crippen LogP contribution in [0.3, 0.4) is 0 Å². The summed E-state index contributed by atoms with van der Waals surface area (Å²) < 4.78 is 0. The molecule has 0 saturated heterocycles. The largest absolute Gasteiger partial charge is 0.356 e. The van der Waals surface area contributed by atoms with Gasteiger partial charge in [-0.1, -0.05) is 48.0 Å². The average molecular weight is 337 g/mol. The molecular weight excluding hydrogens is 314 g/mol. The molecule has 1 atom stereocenters. The molecule has 1 aliphatic heterocycles. The Hall–Kier alpha value is -2.82. The molecule has 2 aromatic rings. The minimum atomic E-state index is -0.541. The number of carbonyl (C=O) groups excluding carboxylic acids is 2. The van der Waals surface area contributed by atoms with E-state index in [9.17, 15) is 9.59 Å². The topological polar surface area (TPSA) is 61.4 Å². The van der Waals surface area contributed by atoms with Gasteiger partial charge in [0.25, 0.3) is 5.91 Å². The van der Waals surface area contributed by atoms with Crippen LogP contribution in [-0.4, -0.2) is 25.5 Å². The lowest BCUT2D eigenvalue weighted by Gasteiger charge is -2.37. The maximum absolute atomic E-state index is 12.9. The number of hydrogen-bond donors (Lipinski definition) is 2. The highest BCUT2D eigenvalue weighted by molar-refractivity contribution is 5.99. The zero-order valence-corrected chi connectivity index (χ0v) is 14.6. The molecule has 0 radical (unpaired) electrons. The molecule has 0 saturated carbocycles. The van der Waals surface area contributed by atoms with E-state index < -0.39 is 12.1 Å². The van der Waals surface area contributed by atoms with E-state index >= 15 is 0 Å². The number of benzene rings is 2. The minimum absolute atomic E-state index is 0.320. The maximum atomic E-state index is 12.9. The molecule has 3 rings (SSSR count). The highest BCUT2D eigenvalue weighted by atomic mass is 16.2. The molecule has 0 unspecified atom stereocenters. The predicted molar refractivity (Wildman–Crippen MR) is 98.6 cm³/mol. The number of fused-ring (bicyclic) bond motifs is 1. The number of amides is 3. The van der Waals surface area contributed by atoms with Crippen LogP contribution in [0.4, 0.5) is 10.5 Å². The van der Waals surface area contributed by atoms with Crippen LogP contribution in [0.15, 0.2) is 48.5 Å². The Labute approximate surface area is 148 Å². The lowest BCUT2D eigenvalue weighted by atomic mass is 9.95. The first-order valence-electron chi connectivity index (χ1n) is 8.54. The highest BCUT2D eigenvalue weighted by Crippen LogP contribution is 2.34. The summed E-state index contributed by atoms with van der Waals surface area (Å²) in [6, 6.07) is 14.9. The van der Waals surface area contributed by atoms with Crippen molar-refractivity contribution in [3.8, 4) is 0 Å². The number of urea groups is 1. The molecule has 2 N–H and O–H groups in total. The van der Waals surface area contributed by atoms with Crippen molar-refractivity contribution in [3.05, 3.63) is 65.2 Å². The Morgan fingerprint density at radius 1 is 1.12 bits per heavy atom. The number of imide groups is 1. The van der Waals surface area contributed by atoms with Crippen molar-refractivity contribution in [1.29, 1.82) is 0 Å². The first-order valence-corrected chi connectivity index (χ1v) is 8.54. The Bertz CT molecular complexity index is 774. The summed E-state index contributed by atoms with van der Waals surface area (Å²) in [7, 11) is 1.50. The van der Waals surface area contributed by atoms with Crippen LogP contribution < -0.4 is 15.5 Å². The van der Waals surface area contributed by atoms with E-state index in [0.717, 1.165) is 30.6 Å². The van der Waals surface area contributed by atoms with Crippen molar-refractivity contribution in [3.63, 3.8) is 0 Å². The van der Waals surface area contributed by atoms with E-state index in [0.29, 0.717) is 0 Å². The molecule has 3 amide bonds. The number of nitrogens with zero attached hydrogens (tertiary/aromatic N) is 1. The number of carbonyl (C=O) groups is 2. The normalized spacial score (nSPS) is 14.4. The van der Waals surface area contributed by atoms with Crippen molar-refractivity contribution >= 4 is 17.6 Å².